The number of hydrogen-bond acceptors (Lipinski definition) is 5. The number of nitrogens with one attached hydrogen (secondary N) is 1. The zero-order valence-corrected chi connectivity index (χ0v) is 21.1. The molecule has 2 heterocycles. The lowest BCUT2D eigenvalue weighted by molar-refractivity contribution is 0.0603. The highest BCUT2D eigenvalue weighted by molar-refractivity contribution is 7.15. The minimum atomic E-state index is -0.531. The van der Waals surface area contributed by atoms with E-state index in [-0.39, 0.29) is 5.91 Å². The number of methoxy groups -OCH3 is 1. The molecule has 36 heavy (non-hydrogen) atoms. The van der Waals surface area contributed by atoms with E-state index in [1.54, 1.807) is 18.2 Å². The summed E-state index contributed by atoms with van der Waals surface area (Å²) in [6, 6.07) is 24.5. The highest BCUT2D eigenvalue weighted by Gasteiger charge is 2.24. The van der Waals surface area contributed by atoms with Gasteiger partial charge in [-0.2, -0.15) is 0 Å². The van der Waals surface area contributed by atoms with Crippen LogP contribution in [0.15, 0.2) is 84.2 Å². The van der Waals surface area contributed by atoms with Crippen LogP contribution in [-0.2, 0) is 4.74 Å². The van der Waals surface area contributed by atoms with E-state index in [0.717, 1.165) is 22.1 Å². The van der Waals surface area contributed by atoms with Crippen LogP contribution in [0, 0.1) is 6.92 Å². The third-order valence-corrected chi connectivity index (χ3v) is 7.02. The molecular formula is C29H21ClN2O3S. The Balaban J connectivity index is 1.57. The number of esters is 1. The van der Waals surface area contributed by atoms with Crippen molar-refractivity contribution < 1.29 is 14.3 Å². The Morgan fingerprint density at radius 1 is 0.944 bits per heavy atom. The fraction of sp³-hybridized carbons (Fsp3) is 0.0690. The second-order valence-corrected chi connectivity index (χ2v) is 9.56. The number of nitrogens with zero attached hydrogens (tertiary/aromatic N) is 1. The van der Waals surface area contributed by atoms with Crippen LogP contribution in [0.5, 0.6) is 0 Å². The lowest BCUT2D eigenvalue weighted by Gasteiger charge is -2.11. The van der Waals surface area contributed by atoms with Crippen LogP contribution in [0.3, 0.4) is 0 Å². The number of benzene rings is 3. The smallest absolute Gasteiger partial charge is 0.341 e. The Labute approximate surface area is 217 Å². The fourth-order valence-electron chi connectivity index (χ4n) is 4.00. The van der Waals surface area contributed by atoms with Gasteiger partial charge in [0.05, 0.1) is 23.9 Å². The van der Waals surface area contributed by atoms with Crippen LogP contribution in [0.1, 0.15) is 26.3 Å². The molecule has 5 nitrogen and oxygen atoms in total. The summed E-state index contributed by atoms with van der Waals surface area (Å²) in [5.74, 6) is -0.868. The first kappa shape index (κ1) is 23.7. The molecule has 2 aromatic heterocycles. The number of anilines is 1. The summed E-state index contributed by atoms with van der Waals surface area (Å²) in [5.41, 5.74) is 5.69. The predicted octanol–water partition coefficient (Wildman–Crippen LogP) is 7.63. The van der Waals surface area contributed by atoms with E-state index >= 15 is 0 Å². The number of amides is 1. The van der Waals surface area contributed by atoms with Crippen molar-refractivity contribution in [3.8, 4) is 22.4 Å². The van der Waals surface area contributed by atoms with E-state index in [9.17, 15) is 9.59 Å². The van der Waals surface area contributed by atoms with E-state index in [2.05, 4.69) is 5.32 Å². The molecule has 7 heteroatoms. The molecule has 0 aliphatic carbocycles. The molecule has 1 N–H and O–H groups in total. The van der Waals surface area contributed by atoms with Crippen LogP contribution in [-0.4, -0.2) is 24.0 Å². The summed E-state index contributed by atoms with van der Waals surface area (Å²) in [6.07, 6.45) is 0. The van der Waals surface area contributed by atoms with Gasteiger partial charge < -0.3 is 10.1 Å². The van der Waals surface area contributed by atoms with Crippen LogP contribution >= 0.6 is 22.9 Å². The third-order valence-electron chi connectivity index (χ3n) is 5.87. The van der Waals surface area contributed by atoms with Gasteiger partial charge in [-0.25, -0.2) is 9.78 Å². The average molecular weight is 513 g/mol. The normalized spacial score (nSPS) is 10.9. The molecular weight excluding hydrogens is 492 g/mol. The maximum atomic E-state index is 13.6. The molecule has 0 radical (unpaired) electrons. The van der Waals surface area contributed by atoms with Gasteiger partial charge in [0.15, 0.2) is 0 Å². The van der Waals surface area contributed by atoms with Crippen LogP contribution in [0.2, 0.25) is 5.02 Å². The molecule has 0 saturated carbocycles. The molecule has 0 aliphatic rings. The molecule has 1 amide bonds. The Bertz CT molecular complexity index is 1590. The first-order valence-electron chi connectivity index (χ1n) is 11.2. The highest BCUT2D eigenvalue weighted by atomic mass is 35.5. The Hall–Kier alpha value is -4.00. The van der Waals surface area contributed by atoms with Crippen LogP contribution in [0.25, 0.3) is 33.3 Å². The number of hydrogen-bond donors (Lipinski definition) is 1. The number of rotatable bonds is 5. The van der Waals surface area contributed by atoms with Crippen molar-refractivity contribution in [1.29, 1.82) is 0 Å². The van der Waals surface area contributed by atoms with Crippen molar-refractivity contribution in [3.63, 3.8) is 0 Å². The molecule has 0 aliphatic heterocycles. The van der Waals surface area contributed by atoms with Crippen molar-refractivity contribution in [3.05, 3.63) is 106 Å². The lowest BCUT2D eigenvalue weighted by atomic mass is 10.0. The van der Waals surface area contributed by atoms with Gasteiger partial charge >= 0.3 is 5.97 Å². The van der Waals surface area contributed by atoms with Gasteiger partial charge in [-0.3, -0.25) is 4.79 Å². The van der Waals surface area contributed by atoms with Gasteiger partial charge in [0.25, 0.3) is 5.91 Å². The summed E-state index contributed by atoms with van der Waals surface area (Å²) in [4.78, 5) is 31.1. The maximum Gasteiger partial charge on any atom is 0.341 e. The zero-order chi connectivity index (χ0) is 25.2. The number of aryl methyl sites for hydroxylation is 1. The number of halogens is 1. The molecule has 0 bridgehead atoms. The molecule has 5 aromatic rings. The number of carbonyl (C=O) groups excluding carboxylic acids is 2. The molecule has 178 valence electrons. The standard InChI is InChI=1S/C29H21ClN2O3S/c1-17-7-9-19(10-8-17)25-15-22(21-5-3-4-6-24(21)31-25)27(33)32-28-26(29(34)35-2)23(16-36-28)18-11-13-20(30)14-12-18/h3-16H,1-2H3,(H,32,33). The quantitative estimate of drug-likeness (QED) is 0.246. The van der Waals surface area contributed by atoms with E-state index in [1.165, 1.54) is 18.4 Å². The number of fused-ring (bicyclic) bond motifs is 1. The number of para-hydroxylation sites is 1. The lowest BCUT2D eigenvalue weighted by Crippen LogP contribution is -2.15. The maximum absolute atomic E-state index is 13.6. The molecule has 0 atom stereocenters. The average Bonchev–Trinajstić information content (AvgIpc) is 3.31. The number of carbonyl (C=O) groups is 2. The van der Waals surface area contributed by atoms with Gasteiger partial charge in [-0.1, -0.05) is 71.8 Å². The summed E-state index contributed by atoms with van der Waals surface area (Å²) in [5, 5.41) is 6.50. The molecule has 0 spiro atoms. The molecule has 0 fully saturated rings. The zero-order valence-electron chi connectivity index (χ0n) is 19.5. The Kier molecular flexibility index (Phi) is 6.55. The largest absolute Gasteiger partial charge is 0.465 e. The molecule has 5 rings (SSSR count). The second-order valence-electron chi connectivity index (χ2n) is 8.24. The third kappa shape index (κ3) is 4.61. The first-order chi connectivity index (χ1) is 17.4. The summed E-state index contributed by atoms with van der Waals surface area (Å²) in [6.45, 7) is 2.02. The van der Waals surface area contributed by atoms with E-state index in [4.69, 9.17) is 21.3 Å². The fourth-order valence-corrected chi connectivity index (χ4v) is 5.08. The highest BCUT2D eigenvalue weighted by Crippen LogP contribution is 2.37. The van der Waals surface area contributed by atoms with Crippen LogP contribution < -0.4 is 5.32 Å². The number of ether oxygens (including phenoxy) is 1. The molecule has 0 saturated heterocycles. The van der Waals surface area contributed by atoms with Gasteiger partial charge in [0.1, 0.15) is 10.6 Å². The van der Waals surface area contributed by atoms with Gasteiger partial charge in [-0.05, 0) is 36.8 Å². The van der Waals surface area contributed by atoms with Gasteiger partial charge in [-0.15, -0.1) is 11.3 Å². The summed E-state index contributed by atoms with van der Waals surface area (Å²) >= 11 is 7.30. The summed E-state index contributed by atoms with van der Waals surface area (Å²) < 4.78 is 5.05. The SMILES string of the molecule is COC(=O)c1c(-c2ccc(Cl)cc2)csc1NC(=O)c1cc(-c2ccc(C)cc2)nc2ccccc12. The molecule has 3 aromatic carbocycles. The summed E-state index contributed by atoms with van der Waals surface area (Å²) in [7, 11) is 1.32. The first-order valence-corrected chi connectivity index (χ1v) is 12.4. The van der Waals surface area contributed by atoms with Crippen molar-refractivity contribution in [1.82, 2.24) is 4.98 Å². The Morgan fingerprint density at radius 2 is 1.64 bits per heavy atom. The topological polar surface area (TPSA) is 68.3 Å². The minimum Gasteiger partial charge on any atom is -0.465 e. The van der Waals surface area contributed by atoms with Gasteiger partial charge in [0, 0.05) is 26.9 Å². The van der Waals surface area contributed by atoms with Crippen molar-refractivity contribution in [2.75, 3.05) is 12.4 Å². The monoisotopic (exact) mass is 512 g/mol. The predicted molar refractivity (Wildman–Crippen MR) is 146 cm³/mol. The van der Waals surface area contributed by atoms with Crippen molar-refractivity contribution >= 4 is 50.7 Å². The Morgan fingerprint density at radius 3 is 2.36 bits per heavy atom. The minimum absolute atomic E-state index is 0.301. The van der Waals surface area contributed by atoms with E-state index in [1.807, 2.05) is 73.0 Å². The number of thiophene rings is 1. The van der Waals surface area contributed by atoms with Crippen molar-refractivity contribution in [2.24, 2.45) is 0 Å². The van der Waals surface area contributed by atoms with Crippen molar-refractivity contribution in [2.45, 2.75) is 6.92 Å². The van der Waals surface area contributed by atoms with Gasteiger partial charge in [0.2, 0.25) is 0 Å². The number of aromatic nitrogens is 1. The number of pyridine rings is 1. The van der Waals surface area contributed by atoms with Crippen LogP contribution in [0.4, 0.5) is 5.00 Å². The second kappa shape index (κ2) is 9.93. The van der Waals surface area contributed by atoms with E-state index < -0.39 is 5.97 Å². The van der Waals surface area contributed by atoms with E-state index in [0.29, 0.717) is 37.9 Å². The molecule has 0 unspecified atom stereocenters.